The molecule has 0 aliphatic heterocycles. The summed E-state index contributed by atoms with van der Waals surface area (Å²) in [5.41, 5.74) is 17.1. The molecule has 2 saturated carbocycles. The molecule has 0 spiro atoms. The molecular weight excluding hydrogens is 699 g/mol. The number of benzene rings is 7. The molecule has 2 atom stereocenters. The van der Waals surface area contributed by atoms with Gasteiger partial charge in [-0.1, -0.05) is 181 Å². The molecule has 7 aromatic carbocycles. The van der Waals surface area contributed by atoms with Gasteiger partial charge in [-0.25, -0.2) is 0 Å². The summed E-state index contributed by atoms with van der Waals surface area (Å²) in [6, 6.07) is 58.3. The molecule has 290 valence electrons. The van der Waals surface area contributed by atoms with E-state index in [1.807, 2.05) is 0 Å². The Morgan fingerprint density at radius 2 is 1.17 bits per heavy atom. The summed E-state index contributed by atoms with van der Waals surface area (Å²) in [4.78, 5) is 2.58. The van der Waals surface area contributed by atoms with Crippen molar-refractivity contribution in [3.8, 4) is 33.4 Å². The van der Waals surface area contributed by atoms with Gasteiger partial charge in [-0.2, -0.15) is 0 Å². The Kier molecular flexibility index (Phi) is 9.80. The van der Waals surface area contributed by atoms with Crippen molar-refractivity contribution >= 4 is 27.8 Å². The molecule has 10 rings (SSSR count). The van der Waals surface area contributed by atoms with E-state index >= 15 is 0 Å². The molecular formula is C57H57N. The Morgan fingerprint density at radius 3 is 1.97 bits per heavy atom. The molecule has 0 N–H and O–H groups in total. The highest BCUT2D eigenvalue weighted by Gasteiger charge is 2.39. The highest BCUT2D eigenvalue weighted by Crippen LogP contribution is 2.56. The van der Waals surface area contributed by atoms with E-state index in [-0.39, 0.29) is 5.41 Å². The van der Waals surface area contributed by atoms with E-state index in [4.69, 9.17) is 0 Å². The summed E-state index contributed by atoms with van der Waals surface area (Å²) in [5, 5.41) is 2.64. The predicted molar refractivity (Wildman–Crippen MR) is 248 cm³/mol. The first-order valence-electron chi connectivity index (χ1n) is 22.3. The number of nitrogens with zero attached hydrogens (tertiary/aromatic N) is 1. The van der Waals surface area contributed by atoms with Crippen LogP contribution in [0.1, 0.15) is 119 Å². The lowest BCUT2D eigenvalue weighted by Gasteiger charge is -2.33. The Hall–Kier alpha value is -5.40. The van der Waals surface area contributed by atoms with Gasteiger partial charge < -0.3 is 4.90 Å². The number of hydrogen-bond acceptors (Lipinski definition) is 1. The third-order valence-corrected chi connectivity index (χ3v) is 14.4. The van der Waals surface area contributed by atoms with Crippen molar-refractivity contribution < 1.29 is 0 Å². The fourth-order valence-electron chi connectivity index (χ4n) is 11.3. The van der Waals surface area contributed by atoms with Crippen molar-refractivity contribution in [1.82, 2.24) is 0 Å². The summed E-state index contributed by atoms with van der Waals surface area (Å²) in [6.45, 7) is 7.25. The van der Waals surface area contributed by atoms with Crippen molar-refractivity contribution in [1.29, 1.82) is 0 Å². The Balaban J connectivity index is 1.18. The second-order valence-electron chi connectivity index (χ2n) is 18.1. The van der Waals surface area contributed by atoms with E-state index < -0.39 is 0 Å². The standard InChI is InChI=1S/C57H57N/c1-4-39-15-11-12-20-50(39)44-30-32-48(33-31-44)58(49-34-29-43-25-28-46(37-47(43)38-49)41-18-9-6-10-19-41)54-36-35-52-51-21-13-14-22-53(51)57(2,3)56(52)55(54)45-26-23-42(24-27-45)40-16-7-5-8-17-40/h5,7-8,13-14,16-17,21-39,41,50H,4,6,9-12,15,18-20H2,1-3H3. The maximum Gasteiger partial charge on any atom is 0.0543 e. The van der Waals surface area contributed by atoms with Gasteiger partial charge in [-0.3, -0.25) is 0 Å². The zero-order valence-electron chi connectivity index (χ0n) is 34.7. The molecule has 2 unspecified atom stereocenters. The van der Waals surface area contributed by atoms with Gasteiger partial charge in [-0.05, 0) is 135 Å². The average molecular weight is 756 g/mol. The average Bonchev–Trinajstić information content (AvgIpc) is 3.52. The van der Waals surface area contributed by atoms with Crippen LogP contribution in [0.4, 0.5) is 17.1 Å². The fourth-order valence-corrected chi connectivity index (χ4v) is 11.3. The van der Waals surface area contributed by atoms with E-state index in [0.29, 0.717) is 11.8 Å². The predicted octanol–water partition coefficient (Wildman–Crippen LogP) is 16.7. The van der Waals surface area contributed by atoms with Gasteiger partial charge in [0.1, 0.15) is 0 Å². The SMILES string of the molecule is CCC1CCCCC1c1ccc(N(c2ccc3ccc(C4CCCCC4)cc3c2)c2ccc3c(c2-c2ccc(-c4ccccc4)cc2)C(C)(C)c2ccccc2-3)cc1. The molecule has 1 nitrogen and oxygen atoms in total. The summed E-state index contributed by atoms with van der Waals surface area (Å²) in [6.07, 6.45) is 13.3. The van der Waals surface area contributed by atoms with Gasteiger partial charge in [0.05, 0.1) is 5.69 Å². The molecule has 0 radical (unpaired) electrons. The minimum atomic E-state index is -0.181. The molecule has 0 bridgehead atoms. The van der Waals surface area contributed by atoms with Crippen molar-refractivity contribution in [2.24, 2.45) is 5.92 Å². The molecule has 7 aromatic rings. The number of anilines is 3. The lowest BCUT2D eigenvalue weighted by molar-refractivity contribution is 0.299. The molecule has 1 heteroatoms. The molecule has 0 saturated heterocycles. The molecule has 0 aromatic heterocycles. The van der Waals surface area contributed by atoms with Crippen LogP contribution < -0.4 is 4.90 Å². The quantitative estimate of drug-likeness (QED) is 0.149. The van der Waals surface area contributed by atoms with Crippen molar-refractivity contribution in [3.63, 3.8) is 0 Å². The molecule has 3 aliphatic rings. The first kappa shape index (κ1) is 36.9. The highest BCUT2D eigenvalue weighted by atomic mass is 15.1. The second kappa shape index (κ2) is 15.4. The van der Waals surface area contributed by atoms with Crippen LogP contribution in [0.2, 0.25) is 0 Å². The Bertz CT molecular complexity index is 2550. The third-order valence-electron chi connectivity index (χ3n) is 14.4. The minimum Gasteiger partial charge on any atom is -0.310 e. The van der Waals surface area contributed by atoms with Crippen molar-refractivity contribution in [2.45, 2.75) is 102 Å². The zero-order chi connectivity index (χ0) is 39.2. The van der Waals surface area contributed by atoms with Crippen molar-refractivity contribution in [3.05, 3.63) is 174 Å². The number of fused-ring (bicyclic) bond motifs is 4. The van der Waals surface area contributed by atoms with Gasteiger partial charge in [0, 0.05) is 22.4 Å². The lowest BCUT2D eigenvalue weighted by Crippen LogP contribution is -2.19. The normalized spacial score (nSPS) is 18.8. The summed E-state index contributed by atoms with van der Waals surface area (Å²) in [7, 11) is 0. The first-order valence-corrected chi connectivity index (χ1v) is 22.3. The van der Waals surface area contributed by atoms with Crippen LogP contribution in [0.3, 0.4) is 0 Å². The van der Waals surface area contributed by atoms with Crippen LogP contribution in [-0.2, 0) is 5.41 Å². The first-order chi connectivity index (χ1) is 28.5. The smallest absolute Gasteiger partial charge is 0.0543 e. The van der Waals surface area contributed by atoms with Crippen LogP contribution in [0, 0.1) is 5.92 Å². The van der Waals surface area contributed by atoms with Gasteiger partial charge in [-0.15, -0.1) is 0 Å². The highest BCUT2D eigenvalue weighted by molar-refractivity contribution is 5.99. The van der Waals surface area contributed by atoms with E-state index in [1.54, 1.807) is 0 Å². The van der Waals surface area contributed by atoms with E-state index in [9.17, 15) is 0 Å². The van der Waals surface area contributed by atoms with Gasteiger partial charge >= 0.3 is 0 Å². The zero-order valence-corrected chi connectivity index (χ0v) is 34.7. The second-order valence-corrected chi connectivity index (χ2v) is 18.1. The summed E-state index contributed by atoms with van der Waals surface area (Å²) in [5.74, 6) is 2.10. The summed E-state index contributed by atoms with van der Waals surface area (Å²) < 4.78 is 0. The van der Waals surface area contributed by atoms with Crippen LogP contribution in [0.15, 0.2) is 152 Å². The van der Waals surface area contributed by atoms with Crippen LogP contribution >= 0.6 is 0 Å². The largest absolute Gasteiger partial charge is 0.310 e. The fraction of sp³-hybridized carbons (Fsp3) is 0.298. The third kappa shape index (κ3) is 6.57. The Labute approximate surface area is 346 Å². The Morgan fingerprint density at radius 1 is 0.517 bits per heavy atom. The summed E-state index contributed by atoms with van der Waals surface area (Å²) >= 11 is 0. The van der Waals surface area contributed by atoms with E-state index in [2.05, 4.69) is 177 Å². The molecule has 2 fully saturated rings. The van der Waals surface area contributed by atoms with E-state index in [1.165, 1.54) is 148 Å². The lowest BCUT2D eigenvalue weighted by atomic mass is 9.74. The van der Waals surface area contributed by atoms with Crippen LogP contribution in [0.25, 0.3) is 44.2 Å². The van der Waals surface area contributed by atoms with Crippen LogP contribution in [0.5, 0.6) is 0 Å². The maximum absolute atomic E-state index is 2.58. The molecule has 0 amide bonds. The monoisotopic (exact) mass is 755 g/mol. The molecule has 3 aliphatic carbocycles. The van der Waals surface area contributed by atoms with E-state index in [0.717, 1.165) is 5.92 Å². The van der Waals surface area contributed by atoms with Gasteiger partial charge in [0.15, 0.2) is 0 Å². The molecule has 0 heterocycles. The maximum atomic E-state index is 2.58. The number of hydrogen-bond donors (Lipinski definition) is 0. The minimum absolute atomic E-state index is 0.181. The topological polar surface area (TPSA) is 3.24 Å². The van der Waals surface area contributed by atoms with Crippen molar-refractivity contribution in [2.75, 3.05) is 4.90 Å². The molecule has 58 heavy (non-hydrogen) atoms. The van der Waals surface area contributed by atoms with Crippen LogP contribution in [-0.4, -0.2) is 0 Å². The van der Waals surface area contributed by atoms with Gasteiger partial charge in [0.25, 0.3) is 0 Å². The van der Waals surface area contributed by atoms with Gasteiger partial charge in [0.2, 0.25) is 0 Å². The number of rotatable bonds is 8.